The van der Waals surface area contributed by atoms with Crippen molar-refractivity contribution in [2.75, 3.05) is 6.61 Å². The van der Waals surface area contributed by atoms with Gasteiger partial charge in [0.05, 0.1) is 6.61 Å². The standard InChI is InChI=1S/C27H32O5S/c1-16-18-6-7-19-25-11-4-10-24(2,3)20(25)13-26(30,31-15-25)27(19,22(16)29)23(18)32-21(28)8-5-17-9-12-33-14-17/h5,8-9,12,14,18-20,23,30H,1,4,6-7,10-11,13,15H2,2-3H3/b8-5+/t18-,19-,20+,23+,25+,26+,27-/m0/s1. The van der Waals surface area contributed by atoms with Crippen molar-refractivity contribution in [3.05, 3.63) is 40.6 Å². The molecule has 176 valence electrons. The second-order valence-electron chi connectivity index (χ2n) is 11.6. The summed E-state index contributed by atoms with van der Waals surface area (Å²) < 4.78 is 12.3. The van der Waals surface area contributed by atoms with Crippen LogP contribution in [0.3, 0.4) is 0 Å². The van der Waals surface area contributed by atoms with Crippen LogP contribution in [-0.2, 0) is 19.1 Å². The maximum atomic E-state index is 14.0. The van der Waals surface area contributed by atoms with Crippen molar-refractivity contribution in [2.24, 2.45) is 34.0 Å². The number of Topliss-reactive ketones (excluding diaryl/α,β-unsaturated/α-hetero) is 1. The number of ether oxygens (including phenoxy) is 2. The molecule has 0 amide bonds. The number of carbonyl (C=O) groups is 2. The molecule has 7 atom stereocenters. The quantitative estimate of drug-likeness (QED) is 0.512. The number of rotatable bonds is 3. The summed E-state index contributed by atoms with van der Waals surface area (Å²) in [5.74, 6) is -2.30. The Morgan fingerprint density at radius 2 is 2.12 bits per heavy atom. The van der Waals surface area contributed by atoms with E-state index in [1.807, 2.05) is 16.8 Å². The first kappa shape index (κ1) is 21.8. The fraction of sp³-hybridized carbons (Fsp3) is 0.630. The molecule has 0 unspecified atom stereocenters. The lowest BCUT2D eigenvalue weighted by Crippen LogP contribution is -2.78. The van der Waals surface area contributed by atoms with Crippen LogP contribution in [0, 0.1) is 34.0 Å². The van der Waals surface area contributed by atoms with Gasteiger partial charge in [-0.15, -0.1) is 0 Å². The predicted octanol–water partition coefficient (Wildman–Crippen LogP) is 4.76. The summed E-state index contributed by atoms with van der Waals surface area (Å²) in [6.07, 6.45) is 7.63. The lowest BCUT2D eigenvalue weighted by Gasteiger charge is -2.72. The second-order valence-corrected chi connectivity index (χ2v) is 12.4. The van der Waals surface area contributed by atoms with E-state index in [1.54, 1.807) is 17.4 Å². The monoisotopic (exact) mass is 468 g/mol. The van der Waals surface area contributed by atoms with Crippen LogP contribution in [-0.4, -0.2) is 35.4 Å². The van der Waals surface area contributed by atoms with Gasteiger partial charge in [0, 0.05) is 23.8 Å². The number of hydrogen-bond donors (Lipinski definition) is 1. The van der Waals surface area contributed by atoms with E-state index in [0.717, 1.165) is 37.7 Å². The van der Waals surface area contributed by atoms with Crippen molar-refractivity contribution < 1.29 is 24.2 Å². The Bertz CT molecular complexity index is 1060. The average Bonchev–Trinajstić information content (AvgIpc) is 3.33. The van der Waals surface area contributed by atoms with Gasteiger partial charge in [0.1, 0.15) is 11.5 Å². The molecule has 0 aromatic carbocycles. The zero-order chi connectivity index (χ0) is 23.2. The first-order valence-corrected chi connectivity index (χ1v) is 13.1. The molecule has 3 heterocycles. The van der Waals surface area contributed by atoms with Crippen LogP contribution in [0.4, 0.5) is 0 Å². The summed E-state index contributed by atoms with van der Waals surface area (Å²) >= 11 is 1.56. The molecule has 1 N–H and O–H groups in total. The van der Waals surface area contributed by atoms with Crippen molar-refractivity contribution in [3.63, 3.8) is 0 Å². The highest BCUT2D eigenvalue weighted by atomic mass is 32.1. The van der Waals surface area contributed by atoms with Crippen LogP contribution < -0.4 is 0 Å². The van der Waals surface area contributed by atoms with Gasteiger partial charge in [-0.05, 0) is 77.0 Å². The van der Waals surface area contributed by atoms with Gasteiger partial charge in [-0.25, -0.2) is 4.79 Å². The van der Waals surface area contributed by atoms with Crippen LogP contribution in [0.25, 0.3) is 6.08 Å². The average molecular weight is 469 g/mol. The summed E-state index contributed by atoms with van der Waals surface area (Å²) in [5.41, 5.74) is 0.0767. The van der Waals surface area contributed by atoms with Gasteiger partial charge in [0.2, 0.25) is 0 Å². The molecule has 6 heteroatoms. The van der Waals surface area contributed by atoms with Gasteiger partial charge in [0.15, 0.2) is 11.6 Å². The van der Waals surface area contributed by atoms with E-state index in [-0.39, 0.29) is 34.4 Å². The third kappa shape index (κ3) is 2.60. The van der Waals surface area contributed by atoms with Crippen LogP contribution in [0.1, 0.15) is 57.9 Å². The number of fused-ring (bicyclic) bond motifs is 2. The van der Waals surface area contributed by atoms with E-state index in [2.05, 4.69) is 20.4 Å². The van der Waals surface area contributed by atoms with E-state index >= 15 is 0 Å². The molecule has 4 bridgehead atoms. The highest BCUT2D eigenvalue weighted by Crippen LogP contribution is 2.76. The van der Waals surface area contributed by atoms with Gasteiger partial charge >= 0.3 is 5.97 Å². The third-order valence-electron chi connectivity index (χ3n) is 9.94. The number of thiophene rings is 1. The molecule has 5 nitrogen and oxygen atoms in total. The summed E-state index contributed by atoms with van der Waals surface area (Å²) in [4.78, 5) is 26.9. The minimum absolute atomic E-state index is 0.0660. The maximum absolute atomic E-state index is 14.0. The van der Waals surface area contributed by atoms with E-state index < -0.39 is 23.3 Å². The topological polar surface area (TPSA) is 72.8 Å². The van der Waals surface area contributed by atoms with Crippen molar-refractivity contribution in [1.29, 1.82) is 0 Å². The number of carbonyl (C=O) groups excluding carboxylic acids is 2. The summed E-state index contributed by atoms with van der Waals surface area (Å²) in [5, 5.41) is 16.0. The summed E-state index contributed by atoms with van der Waals surface area (Å²) in [6, 6.07) is 1.93. The normalized spacial score (nSPS) is 45.2. The third-order valence-corrected chi connectivity index (χ3v) is 10.6. The zero-order valence-electron chi connectivity index (χ0n) is 19.3. The molecule has 0 radical (unpaired) electrons. The van der Waals surface area contributed by atoms with Crippen LogP contribution in [0.2, 0.25) is 0 Å². The first-order valence-electron chi connectivity index (χ1n) is 12.2. The number of ketones is 1. The molecule has 4 aliphatic carbocycles. The number of esters is 1. The maximum Gasteiger partial charge on any atom is 0.331 e. The van der Waals surface area contributed by atoms with Gasteiger partial charge in [-0.1, -0.05) is 26.8 Å². The minimum Gasteiger partial charge on any atom is -0.457 e. The molecule has 6 aliphatic rings. The van der Waals surface area contributed by atoms with Crippen LogP contribution in [0.15, 0.2) is 35.1 Å². The van der Waals surface area contributed by atoms with Crippen molar-refractivity contribution in [1.82, 2.24) is 0 Å². The molecular formula is C27H32O5S. The Morgan fingerprint density at radius 3 is 2.88 bits per heavy atom. The van der Waals surface area contributed by atoms with Crippen LogP contribution in [0.5, 0.6) is 0 Å². The lowest BCUT2D eigenvalue weighted by atomic mass is 9.37. The van der Waals surface area contributed by atoms with E-state index in [0.29, 0.717) is 18.6 Å². The Kier molecular flexibility index (Phi) is 4.54. The van der Waals surface area contributed by atoms with Crippen molar-refractivity contribution in [3.8, 4) is 0 Å². The smallest absolute Gasteiger partial charge is 0.331 e. The predicted molar refractivity (Wildman–Crippen MR) is 125 cm³/mol. The molecule has 2 saturated heterocycles. The van der Waals surface area contributed by atoms with E-state index in [1.165, 1.54) is 6.08 Å². The van der Waals surface area contributed by atoms with Gasteiger partial charge in [-0.3, -0.25) is 4.79 Å². The Balaban J connectivity index is 1.43. The van der Waals surface area contributed by atoms with E-state index in [9.17, 15) is 14.7 Å². The Hall–Kier alpha value is -1.76. The molecule has 7 rings (SSSR count). The Labute approximate surface area is 198 Å². The molecule has 6 fully saturated rings. The van der Waals surface area contributed by atoms with Gasteiger partial charge < -0.3 is 14.6 Å². The molecule has 2 aliphatic heterocycles. The minimum atomic E-state index is -1.63. The van der Waals surface area contributed by atoms with Crippen LogP contribution >= 0.6 is 11.3 Å². The van der Waals surface area contributed by atoms with Crippen molar-refractivity contribution >= 4 is 29.2 Å². The summed E-state index contributed by atoms with van der Waals surface area (Å²) in [7, 11) is 0. The second kappa shape index (κ2) is 6.89. The fourth-order valence-corrected chi connectivity index (χ4v) is 9.28. The van der Waals surface area contributed by atoms with Gasteiger partial charge in [-0.2, -0.15) is 11.3 Å². The molecule has 1 aromatic rings. The SMILES string of the molecule is C=C1C(=O)[C@]23[C@H](OC(=O)/C=C/c4ccsc4)[C@H]1CC[C@H]2[C@]12CCCC(C)(C)[C@H]1C[C@@]3(O)OC2. The van der Waals surface area contributed by atoms with Crippen molar-refractivity contribution in [2.45, 2.75) is 64.3 Å². The largest absolute Gasteiger partial charge is 0.457 e. The number of hydrogen-bond acceptors (Lipinski definition) is 6. The molecule has 4 saturated carbocycles. The van der Waals surface area contributed by atoms with E-state index in [4.69, 9.17) is 9.47 Å². The lowest BCUT2D eigenvalue weighted by molar-refractivity contribution is -0.414. The highest BCUT2D eigenvalue weighted by molar-refractivity contribution is 7.08. The Morgan fingerprint density at radius 1 is 1.30 bits per heavy atom. The highest BCUT2D eigenvalue weighted by Gasteiger charge is 2.83. The molecule has 1 aromatic heterocycles. The zero-order valence-corrected chi connectivity index (χ0v) is 20.2. The molecular weight excluding hydrogens is 436 g/mol. The fourth-order valence-electron chi connectivity index (χ4n) is 8.65. The molecule has 2 spiro atoms. The number of aliphatic hydroxyl groups is 1. The summed E-state index contributed by atoms with van der Waals surface area (Å²) in [6.45, 7) is 9.20. The first-order chi connectivity index (χ1) is 15.7. The van der Waals surface area contributed by atoms with Gasteiger partial charge in [0.25, 0.3) is 0 Å². The molecule has 33 heavy (non-hydrogen) atoms.